The second-order valence-corrected chi connectivity index (χ2v) is 6.35. The minimum atomic E-state index is -0.789. The molecule has 2 N–H and O–H groups in total. The number of unbranched alkanes of at least 4 members (excludes halogenated alkanes) is 7. The largest absolute Gasteiger partial charge is 0.394 e. The molecule has 1 rings (SSSR count). The molecule has 0 saturated heterocycles. The summed E-state index contributed by atoms with van der Waals surface area (Å²) in [6.07, 6.45) is 9.84. The first-order valence-corrected chi connectivity index (χ1v) is 9.22. The summed E-state index contributed by atoms with van der Waals surface area (Å²) in [7, 11) is 0. The molecule has 0 saturated carbocycles. The van der Waals surface area contributed by atoms with Gasteiger partial charge < -0.3 is 14.9 Å². The highest BCUT2D eigenvalue weighted by Gasteiger charge is 2.18. The van der Waals surface area contributed by atoms with Crippen LogP contribution in [0.25, 0.3) is 0 Å². The fourth-order valence-corrected chi connectivity index (χ4v) is 2.76. The zero-order valence-electron chi connectivity index (χ0n) is 14.6. The molecule has 132 valence electrons. The van der Waals surface area contributed by atoms with E-state index in [0.29, 0.717) is 6.61 Å². The number of ether oxygens (including phenoxy) is 1. The first-order valence-electron chi connectivity index (χ1n) is 9.22. The van der Waals surface area contributed by atoms with Gasteiger partial charge >= 0.3 is 0 Å². The zero-order chi connectivity index (χ0) is 16.8. The standard InChI is InChI=1S/C20H34O3/c1-2-3-4-5-6-7-8-12-15-20(19(22)16-21)23-17-18-13-10-9-11-14-18/h9-11,13-14,19-22H,2-8,12,15-17H2,1H3/t19-,20+/m1/s1. The van der Waals surface area contributed by atoms with Crippen molar-refractivity contribution in [2.75, 3.05) is 6.61 Å². The maximum atomic E-state index is 9.92. The van der Waals surface area contributed by atoms with Crippen molar-refractivity contribution in [2.45, 2.75) is 83.5 Å². The van der Waals surface area contributed by atoms with Crippen LogP contribution in [-0.4, -0.2) is 29.0 Å². The van der Waals surface area contributed by atoms with Crippen LogP contribution in [0.5, 0.6) is 0 Å². The molecule has 0 aliphatic rings. The highest BCUT2D eigenvalue weighted by Crippen LogP contribution is 2.15. The van der Waals surface area contributed by atoms with Crippen LogP contribution in [0.15, 0.2) is 30.3 Å². The van der Waals surface area contributed by atoms with Gasteiger partial charge in [0.2, 0.25) is 0 Å². The summed E-state index contributed by atoms with van der Waals surface area (Å²) in [5.74, 6) is 0. The number of benzene rings is 1. The van der Waals surface area contributed by atoms with Crippen LogP contribution in [0.3, 0.4) is 0 Å². The summed E-state index contributed by atoms with van der Waals surface area (Å²) in [6.45, 7) is 2.48. The molecule has 0 spiro atoms. The van der Waals surface area contributed by atoms with Gasteiger partial charge in [-0.15, -0.1) is 0 Å². The van der Waals surface area contributed by atoms with E-state index in [-0.39, 0.29) is 12.7 Å². The number of aliphatic hydroxyl groups is 2. The Balaban J connectivity index is 2.18. The van der Waals surface area contributed by atoms with Crippen molar-refractivity contribution in [3.8, 4) is 0 Å². The Labute approximate surface area is 141 Å². The fraction of sp³-hybridized carbons (Fsp3) is 0.700. The van der Waals surface area contributed by atoms with Crippen LogP contribution >= 0.6 is 0 Å². The smallest absolute Gasteiger partial charge is 0.103 e. The summed E-state index contributed by atoms with van der Waals surface area (Å²) in [6, 6.07) is 9.96. The van der Waals surface area contributed by atoms with Crippen molar-refractivity contribution in [3.63, 3.8) is 0 Å². The van der Waals surface area contributed by atoms with E-state index in [2.05, 4.69) is 6.92 Å². The third kappa shape index (κ3) is 9.75. The molecule has 23 heavy (non-hydrogen) atoms. The molecule has 0 aliphatic carbocycles. The minimum Gasteiger partial charge on any atom is -0.394 e. The third-order valence-electron chi connectivity index (χ3n) is 4.27. The molecule has 0 heterocycles. The van der Waals surface area contributed by atoms with Crippen molar-refractivity contribution >= 4 is 0 Å². The van der Waals surface area contributed by atoms with Crippen molar-refractivity contribution in [2.24, 2.45) is 0 Å². The molecule has 1 aromatic rings. The van der Waals surface area contributed by atoms with E-state index in [0.717, 1.165) is 18.4 Å². The van der Waals surface area contributed by atoms with Gasteiger partial charge in [-0.1, -0.05) is 88.6 Å². The molecule has 0 aromatic heterocycles. The van der Waals surface area contributed by atoms with Crippen molar-refractivity contribution < 1.29 is 14.9 Å². The van der Waals surface area contributed by atoms with Crippen LogP contribution in [-0.2, 0) is 11.3 Å². The molecule has 0 amide bonds. The molecule has 3 nitrogen and oxygen atoms in total. The molecular weight excluding hydrogens is 288 g/mol. The molecule has 0 bridgehead atoms. The van der Waals surface area contributed by atoms with Crippen LogP contribution in [0.1, 0.15) is 70.3 Å². The Morgan fingerprint density at radius 3 is 2.13 bits per heavy atom. The normalized spacial score (nSPS) is 13.9. The molecule has 3 heteroatoms. The average molecular weight is 322 g/mol. The van der Waals surface area contributed by atoms with E-state index in [4.69, 9.17) is 4.74 Å². The maximum absolute atomic E-state index is 9.92. The van der Waals surface area contributed by atoms with Crippen LogP contribution in [0.2, 0.25) is 0 Å². The molecule has 2 atom stereocenters. The van der Waals surface area contributed by atoms with Gasteiger partial charge in [0.25, 0.3) is 0 Å². The Morgan fingerprint density at radius 1 is 0.913 bits per heavy atom. The Hall–Kier alpha value is -0.900. The summed E-state index contributed by atoms with van der Waals surface area (Å²) >= 11 is 0. The van der Waals surface area contributed by atoms with Crippen molar-refractivity contribution in [1.29, 1.82) is 0 Å². The number of hydrogen-bond acceptors (Lipinski definition) is 3. The van der Waals surface area contributed by atoms with Gasteiger partial charge in [0.05, 0.1) is 19.3 Å². The van der Waals surface area contributed by atoms with Gasteiger partial charge in [-0.25, -0.2) is 0 Å². The van der Waals surface area contributed by atoms with Gasteiger partial charge in [0, 0.05) is 0 Å². The van der Waals surface area contributed by atoms with Gasteiger partial charge in [-0.05, 0) is 12.0 Å². The van der Waals surface area contributed by atoms with Crippen molar-refractivity contribution in [3.05, 3.63) is 35.9 Å². The first kappa shape index (κ1) is 20.1. The summed E-state index contributed by atoms with van der Waals surface area (Å²) in [5.41, 5.74) is 1.10. The predicted molar refractivity (Wildman–Crippen MR) is 95.3 cm³/mol. The fourth-order valence-electron chi connectivity index (χ4n) is 2.76. The highest BCUT2D eigenvalue weighted by atomic mass is 16.5. The monoisotopic (exact) mass is 322 g/mol. The number of rotatable bonds is 14. The number of hydrogen-bond donors (Lipinski definition) is 2. The van der Waals surface area contributed by atoms with Gasteiger partial charge in [-0.3, -0.25) is 0 Å². The van der Waals surface area contributed by atoms with Crippen LogP contribution in [0.4, 0.5) is 0 Å². The summed E-state index contributed by atoms with van der Waals surface area (Å²) in [5, 5.41) is 19.1. The minimum absolute atomic E-state index is 0.240. The Bertz CT molecular complexity index is 366. The van der Waals surface area contributed by atoms with Gasteiger partial charge in [0.15, 0.2) is 0 Å². The SMILES string of the molecule is CCCCCCCCCC[C@H](OCc1ccccc1)[C@H](O)CO. The molecular formula is C20H34O3. The second-order valence-electron chi connectivity index (χ2n) is 6.35. The lowest BCUT2D eigenvalue weighted by atomic mass is 10.0. The Kier molecular flexibility index (Phi) is 11.9. The van der Waals surface area contributed by atoms with E-state index in [9.17, 15) is 10.2 Å². The predicted octanol–water partition coefficient (Wildman–Crippen LogP) is 4.46. The van der Waals surface area contributed by atoms with E-state index in [1.165, 1.54) is 44.9 Å². The maximum Gasteiger partial charge on any atom is 0.103 e. The van der Waals surface area contributed by atoms with E-state index in [1.807, 2.05) is 30.3 Å². The first-order chi connectivity index (χ1) is 11.3. The Morgan fingerprint density at radius 2 is 1.52 bits per heavy atom. The highest BCUT2D eigenvalue weighted by molar-refractivity contribution is 5.13. The molecule has 0 radical (unpaired) electrons. The molecule has 1 aromatic carbocycles. The van der Waals surface area contributed by atoms with Crippen LogP contribution in [0, 0.1) is 0 Å². The van der Waals surface area contributed by atoms with Crippen LogP contribution < -0.4 is 0 Å². The quantitative estimate of drug-likeness (QED) is 0.497. The van der Waals surface area contributed by atoms with Crippen molar-refractivity contribution in [1.82, 2.24) is 0 Å². The molecule has 0 fully saturated rings. The number of aliphatic hydroxyl groups excluding tert-OH is 2. The van der Waals surface area contributed by atoms with E-state index >= 15 is 0 Å². The lowest BCUT2D eigenvalue weighted by Gasteiger charge is -2.22. The molecule has 0 unspecified atom stereocenters. The zero-order valence-corrected chi connectivity index (χ0v) is 14.6. The van der Waals surface area contributed by atoms with Gasteiger partial charge in [-0.2, -0.15) is 0 Å². The summed E-state index contributed by atoms with van der Waals surface area (Å²) in [4.78, 5) is 0. The second kappa shape index (κ2) is 13.5. The van der Waals surface area contributed by atoms with E-state index < -0.39 is 6.10 Å². The lowest BCUT2D eigenvalue weighted by Crippen LogP contribution is -2.32. The lowest BCUT2D eigenvalue weighted by molar-refractivity contribution is -0.0691. The molecule has 0 aliphatic heterocycles. The summed E-state index contributed by atoms with van der Waals surface area (Å²) < 4.78 is 5.83. The van der Waals surface area contributed by atoms with Gasteiger partial charge in [0.1, 0.15) is 6.10 Å². The topological polar surface area (TPSA) is 49.7 Å². The third-order valence-corrected chi connectivity index (χ3v) is 4.27. The van der Waals surface area contributed by atoms with E-state index in [1.54, 1.807) is 0 Å². The average Bonchev–Trinajstić information content (AvgIpc) is 2.60.